The molecule has 1 aliphatic rings. The van der Waals surface area contributed by atoms with Gasteiger partial charge in [0.15, 0.2) is 0 Å². The summed E-state index contributed by atoms with van der Waals surface area (Å²) in [5.41, 5.74) is 2.94. The SMILES string of the molecule is CN1CCN(CCNC(=O)c2cc3c(Nc4cnnc(-c5cc(Cl)ccc5F)c4)ccnc3[nH]2)CC1. The van der Waals surface area contributed by atoms with Crippen molar-refractivity contribution in [1.29, 1.82) is 0 Å². The molecule has 4 heterocycles. The van der Waals surface area contributed by atoms with E-state index in [4.69, 9.17) is 11.6 Å². The van der Waals surface area contributed by atoms with E-state index >= 15 is 0 Å². The molecule has 1 aliphatic heterocycles. The lowest BCUT2D eigenvalue weighted by atomic mass is 10.1. The molecule has 0 bridgehead atoms. The fourth-order valence-corrected chi connectivity index (χ4v) is 4.34. The van der Waals surface area contributed by atoms with Crippen molar-refractivity contribution in [3.05, 3.63) is 65.3 Å². The first-order valence-electron chi connectivity index (χ1n) is 11.7. The van der Waals surface area contributed by atoms with Crippen LogP contribution in [0.3, 0.4) is 0 Å². The molecule has 3 N–H and O–H groups in total. The molecule has 186 valence electrons. The van der Waals surface area contributed by atoms with E-state index in [-0.39, 0.29) is 11.5 Å². The Morgan fingerprint density at radius 2 is 2.00 bits per heavy atom. The van der Waals surface area contributed by atoms with Crippen LogP contribution in [0.5, 0.6) is 0 Å². The molecule has 11 heteroatoms. The summed E-state index contributed by atoms with van der Waals surface area (Å²) in [6.45, 7) is 5.48. The number of aromatic nitrogens is 4. The van der Waals surface area contributed by atoms with Crippen LogP contribution in [-0.4, -0.2) is 82.2 Å². The first kappa shape index (κ1) is 24.1. The Morgan fingerprint density at radius 1 is 1.17 bits per heavy atom. The summed E-state index contributed by atoms with van der Waals surface area (Å²) in [5, 5.41) is 15.5. The van der Waals surface area contributed by atoms with Gasteiger partial charge in [-0.05, 0) is 43.4 Å². The molecular weight excluding hydrogens is 483 g/mol. The van der Waals surface area contributed by atoms with Crippen molar-refractivity contribution >= 4 is 39.9 Å². The van der Waals surface area contributed by atoms with Gasteiger partial charge in [-0.15, -0.1) is 0 Å². The Balaban J connectivity index is 1.29. The van der Waals surface area contributed by atoms with Gasteiger partial charge in [-0.1, -0.05) is 11.6 Å². The zero-order valence-corrected chi connectivity index (χ0v) is 20.5. The minimum atomic E-state index is -0.439. The summed E-state index contributed by atoms with van der Waals surface area (Å²) < 4.78 is 14.3. The predicted molar refractivity (Wildman–Crippen MR) is 138 cm³/mol. The average molecular weight is 509 g/mol. The standard InChI is InChI=1S/C25H26ClFN8O/c1-34-8-10-35(11-9-34)7-6-29-25(36)23-14-19-21(4-5-28-24(19)32-23)31-17-13-22(33-30-15-17)18-12-16(26)2-3-20(18)27/h2-5,12-15H,6-11H2,1H3,(H,29,36)(H2,28,31,32,33). The second-order valence-corrected chi connectivity index (χ2v) is 9.22. The highest BCUT2D eigenvalue weighted by Gasteiger charge is 2.16. The lowest BCUT2D eigenvalue weighted by Crippen LogP contribution is -2.46. The number of aromatic amines is 1. The Hall–Kier alpha value is -3.60. The van der Waals surface area contributed by atoms with Crippen LogP contribution in [0.25, 0.3) is 22.3 Å². The Morgan fingerprint density at radius 3 is 2.83 bits per heavy atom. The van der Waals surface area contributed by atoms with Crippen LogP contribution in [-0.2, 0) is 0 Å². The maximum absolute atomic E-state index is 14.3. The van der Waals surface area contributed by atoms with E-state index in [0.29, 0.717) is 34.3 Å². The highest BCUT2D eigenvalue weighted by Crippen LogP contribution is 2.29. The number of hydrogen-bond donors (Lipinski definition) is 3. The molecule has 0 unspecified atom stereocenters. The monoisotopic (exact) mass is 508 g/mol. The molecule has 36 heavy (non-hydrogen) atoms. The number of anilines is 2. The fraction of sp³-hybridized carbons (Fsp3) is 0.280. The largest absolute Gasteiger partial charge is 0.354 e. The zero-order valence-electron chi connectivity index (χ0n) is 19.8. The number of H-pyrrole nitrogens is 1. The highest BCUT2D eigenvalue weighted by molar-refractivity contribution is 6.30. The van der Waals surface area contributed by atoms with Crippen LogP contribution in [0, 0.1) is 5.82 Å². The first-order chi connectivity index (χ1) is 17.5. The van der Waals surface area contributed by atoms with Gasteiger partial charge in [-0.3, -0.25) is 9.69 Å². The van der Waals surface area contributed by atoms with Crippen LogP contribution in [0.15, 0.2) is 48.8 Å². The minimum absolute atomic E-state index is 0.183. The van der Waals surface area contributed by atoms with E-state index in [1.807, 2.05) is 0 Å². The number of halogens is 2. The molecule has 0 atom stereocenters. The van der Waals surface area contributed by atoms with Crippen molar-refractivity contribution in [2.45, 2.75) is 0 Å². The summed E-state index contributed by atoms with van der Waals surface area (Å²) in [5.74, 6) is -0.622. The third kappa shape index (κ3) is 5.46. The molecular formula is C25H26ClFN8O. The van der Waals surface area contributed by atoms with Gasteiger partial charge < -0.3 is 20.5 Å². The lowest BCUT2D eigenvalue weighted by molar-refractivity contribution is 0.0937. The smallest absolute Gasteiger partial charge is 0.267 e. The molecule has 9 nitrogen and oxygen atoms in total. The molecule has 0 radical (unpaired) electrons. The number of nitrogens with zero attached hydrogens (tertiary/aromatic N) is 5. The molecule has 1 amide bonds. The summed E-state index contributed by atoms with van der Waals surface area (Å²) in [7, 11) is 2.12. The predicted octanol–water partition coefficient (Wildman–Crippen LogP) is 3.53. The van der Waals surface area contributed by atoms with E-state index in [0.717, 1.165) is 43.8 Å². The number of amides is 1. The van der Waals surface area contributed by atoms with Gasteiger partial charge in [0.05, 0.1) is 23.3 Å². The van der Waals surface area contributed by atoms with Gasteiger partial charge in [0.1, 0.15) is 17.2 Å². The molecule has 1 saturated heterocycles. The third-order valence-electron chi connectivity index (χ3n) is 6.22. The number of fused-ring (bicyclic) bond motifs is 1. The van der Waals surface area contributed by atoms with Gasteiger partial charge >= 0.3 is 0 Å². The number of pyridine rings is 1. The van der Waals surface area contributed by atoms with E-state index in [1.54, 1.807) is 24.4 Å². The van der Waals surface area contributed by atoms with Gasteiger partial charge in [-0.25, -0.2) is 9.37 Å². The molecule has 5 rings (SSSR count). The van der Waals surface area contributed by atoms with E-state index in [1.165, 1.54) is 24.4 Å². The quantitative estimate of drug-likeness (QED) is 0.351. The van der Waals surface area contributed by atoms with Crippen LogP contribution in [0.4, 0.5) is 15.8 Å². The fourth-order valence-electron chi connectivity index (χ4n) is 4.17. The summed E-state index contributed by atoms with van der Waals surface area (Å²) in [6, 6.07) is 9.54. The van der Waals surface area contributed by atoms with Crippen molar-refractivity contribution in [2.24, 2.45) is 0 Å². The molecule has 0 aliphatic carbocycles. The van der Waals surface area contributed by atoms with Crippen LogP contribution < -0.4 is 10.6 Å². The van der Waals surface area contributed by atoms with Crippen LogP contribution in [0.2, 0.25) is 5.02 Å². The molecule has 1 fully saturated rings. The topological polar surface area (TPSA) is 102 Å². The maximum Gasteiger partial charge on any atom is 0.267 e. The lowest BCUT2D eigenvalue weighted by Gasteiger charge is -2.32. The van der Waals surface area contributed by atoms with Gasteiger partial charge in [0, 0.05) is 61.4 Å². The summed E-state index contributed by atoms with van der Waals surface area (Å²) in [6.07, 6.45) is 3.18. The second kappa shape index (κ2) is 10.6. The van der Waals surface area contributed by atoms with Crippen molar-refractivity contribution in [1.82, 2.24) is 35.3 Å². The third-order valence-corrected chi connectivity index (χ3v) is 6.46. The number of rotatable bonds is 7. The number of carbonyl (C=O) groups is 1. The van der Waals surface area contributed by atoms with Crippen molar-refractivity contribution in [2.75, 3.05) is 51.6 Å². The number of likely N-dealkylation sites (N-methyl/N-ethyl adjacent to an activating group) is 1. The van der Waals surface area contributed by atoms with Crippen molar-refractivity contribution in [3.8, 4) is 11.3 Å². The normalized spacial score (nSPS) is 14.8. The maximum atomic E-state index is 14.3. The average Bonchev–Trinajstić information content (AvgIpc) is 3.33. The first-order valence-corrected chi connectivity index (χ1v) is 12.1. The number of nitrogens with one attached hydrogen (secondary N) is 3. The molecule has 3 aromatic heterocycles. The molecule has 4 aromatic rings. The summed E-state index contributed by atoms with van der Waals surface area (Å²) in [4.78, 5) is 24.9. The van der Waals surface area contributed by atoms with Crippen LogP contribution >= 0.6 is 11.6 Å². The van der Waals surface area contributed by atoms with Crippen molar-refractivity contribution in [3.63, 3.8) is 0 Å². The van der Waals surface area contributed by atoms with Crippen LogP contribution in [0.1, 0.15) is 10.5 Å². The molecule has 0 saturated carbocycles. The summed E-state index contributed by atoms with van der Waals surface area (Å²) >= 11 is 6.03. The minimum Gasteiger partial charge on any atom is -0.354 e. The second-order valence-electron chi connectivity index (χ2n) is 8.78. The number of benzene rings is 1. The van der Waals surface area contributed by atoms with Gasteiger partial charge in [0.25, 0.3) is 5.91 Å². The highest BCUT2D eigenvalue weighted by atomic mass is 35.5. The van der Waals surface area contributed by atoms with Gasteiger partial charge in [0.2, 0.25) is 0 Å². The van der Waals surface area contributed by atoms with E-state index in [2.05, 4.69) is 47.6 Å². The number of piperazine rings is 1. The van der Waals surface area contributed by atoms with E-state index < -0.39 is 5.82 Å². The number of hydrogen-bond acceptors (Lipinski definition) is 7. The molecule has 1 aromatic carbocycles. The van der Waals surface area contributed by atoms with Gasteiger partial charge in [-0.2, -0.15) is 10.2 Å². The zero-order chi connectivity index (χ0) is 25.1. The Kier molecular flexibility index (Phi) is 7.08. The van der Waals surface area contributed by atoms with E-state index in [9.17, 15) is 9.18 Å². The Bertz CT molecular complexity index is 1390. The molecule has 0 spiro atoms. The number of carbonyl (C=O) groups excluding carboxylic acids is 1. The van der Waals surface area contributed by atoms with Crippen molar-refractivity contribution < 1.29 is 9.18 Å². The Labute approximate surface area is 212 Å².